The first-order valence-electron chi connectivity index (χ1n) is 7.39. The zero-order valence-electron chi connectivity index (χ0n) is 13.5. The van der Waals surface area contributed by atoms with Crippen LogP contribution in [-0.2, 0) is 13.6 Å². The number of aryl methyl sites for hydroxylation is 2. The van der Waals surface area contributed by atoms with Crippen LogP contribution in [0.4, 0.5) is 0 Å². The molecule has 23 heavy (non-hydrogen) atoms. The fourth-order valence-electron chi connectivity index (χ4n) is 2.38. The number of aromatic nitrogens is 4. The summed E-state index contributed by atoms with van der Waals surface area (Å²) < 4.78 is 3.51. The van der Waals surface area contributed by atoms with Gasteiger partial charge in [-0.25, -0.2) is 4.68 Å². The van der Waals surface area contributed by atoms with Crippen LogP contribution in [0.2, 0.25) is 0 Å². The molecular weight excluding hydrogens is 290 g/mol. The number of carbonyl (C=O) groups is 1. The van der Waals surface area contributed by atoms with Crippen molar-refractivity contribution in [1.29, 1.82) is 0 Å². The summed E-state index contributed by atoms with van der Waals surface area (Å²) in [6.45, 7) is 2.46. The third-order valence-corrected chi connectivity index (χ3v) is 3.80. The molecule has 0 aliphatic rings. The molecule has 1 aromatic carbocycles. The van der Waals surface area contributed by atoms with Gasteiger partial charge in [-0.05, 0) is 36.8 Å². The molecular formula is C17H19N5O. The van der Waals surface area contributed by atoms with E-state index in [0.29, 0.717) is 12.2 Å². The van der Waals surface area contributed by atoms with Gasteiger partial charge in [0.05, 0.1) is 5.69 Å². The van der Waals surface area contributed by atoms with Crippen LogP contribution in [0.1, 0.15) is 21.7 Å². The van der Waals surface area contributed by atoms with Crippen LogP contribution in [0.3, 0.4) is 0 Å². The van der Waals surface area contributed by atoms with E-state index in [2.05, 4.69) is 10.2 Å². The van der Waals surface area contributed by atoms with Crippen LogP contribution >= 0.6 is 0 Å². The van der Waals surface area contributed by atoms with Crippen molar-refractivity contribution >= 4 is 5.91 Å². The summed E-state index contributed by atoms with van der Waals surface area (Å²) in [7, 11) is 3.62. The van der Waals surface area contributed by atoms with Gasteiger partial charge in [0.1, 0.15) is 0 Å². The Hall–Kier alpha value is -2.89. The monoisotopic (exact) mass is 309 g/mol. The second-order valence-electron chi connectivity index (χ2n) is 5.57. The minimum Gasteiger partial charge on any atom is -0.336 e. The SMILES string of the molecule is Cc1cc(C(=O)N(C)Cc2ccc(-n3cccn3)cc2)nn1C. The number of nitrogens with zero attached hydrogens (tertiary/aromatic N) is 5. The average Bonchev–Trinajstić information content (AvgIpc) is 3.18. The molecule has 0 aliphatic carbocycles. The first kappa shape index (κ1) is 15.0. The second-order valence-corrected chi connectivity index (χ2v) is 5.57. The zero-order chi connectivity index (χ0) is 16.4. The van der Waals surface area contributed by atoms with Crippen LogP contribution in [0.15, 0.2) is 48.8 Å². The van der Waals surface area contributed by atoms with Crippen molar-refractivity contribution < 1.29 is 4.79 Å². The van der Waals surface area contributed by atoms with E-state index >= 15 is 0 Å². The first-order valence-corrected chi connectivity index (χ1v) is 7.39. The Morgan fingerprint density at radius 2 is 2.00 bits per heavy atom. The third kappa shape index (κ3) is 3.15. The van der Waals surface area contributed by atoms with Gasteiger partial charge in [0, 0.05) is 38.7 Å². The maximum absolute atomic E-state index is 12.4. The van der Waals surface area contributed by atoms with Crippen LogP contribution in [0, 0.1) is 6.92 Å². The quantitative estimate of drug-likeness (QED) is 0.742. The number of rotatable bonds is 4. The number of hydrogen-bond acceptors (Lipinski definition) is 3. The fourth-order valence-corrected chi connectivity index (χ4v) is 2.38. The Balaban J connectivity index is 1.70. The lowest BCUT2D eigenvalue weighted by molar-refractivity contribution is 0.0778. The number of carbonyl (C=O) groups excluding carboxylic acids is 1. The Bertz CT molecular complexity index is 783. The lowest BCUT2D eigenvalue weighted by Gasteiger charge is -2.16. The highest BCUT2D eigenvalue weighted by molar-refractivity contribution is 5.92. The molecule has 6 heteroatoms. The Morgan fingerprint density at radius 1 is 1.26 bits per heavy atom. The molecule has 3 aromatic rings. The molecule has 0 saturated carbocycles. The lowest BCUT2D eigenvalue weighted by atomic mass is 10.2. The third-order valence-electron chi connectivity index (χ3n) is 3.80. The summed E-state index contributed by atoms with van der Waals surface area (Å²) in [6, 6.07) is 11.7. The lowest BCUT2D eigenvalue weighted by Crippen LogP contribution is -2.26. The van der Waals surface area contributed by atoms with Crippen molar-refractivity contribution in [2.24, 2.45) is 7.05 Å². The van der Waals surface area contributed by atoms with E-state index in [1.54, 1.807) is 33.6 Å². The van der Waals surface area contributed by atoms with Crippen molar-refractivity contribution in [3.63, 3.8) is 0 Å². The van der Waals surface area contributed by atoms with Crippen molar-refractivity contribution in [2.45, 2.75) is 13.5 Å². The molecule has 6 nitrogen and oxygen atoms in total. The highest BCUT2D eigenvalue weighted by atomic mass is 16.2. The second kappa shape index (κ2) is 6.08. The Labute approximate surface area is 135 Å². The van der Waals surface area contributed by atoms with Crippen LogP contribution in [0.5, 0.6) is 0 Å². The molecule has 1 amide bonds. The van der Waals surface area contributed by atoms with Crippen LogP contribution < -0.4 is 0 Å². The standard InChI is InChI=1S/C17H19N5O/c1-13-11-16(19-21(13)3)17(23)20(2)12-14-5-7-15(8-6-14)22-10-4-9-18-22/h4-11H,12H2,1-3H3. The first-order chi connectivity index (χ1) is 11.0. The fraction of sp³-hybridized carbons (Fsp3) is 0.235. The van der Waals surface area contributed by atoms with Crippen LogP contribution in [0.25, 0.3) is 5.69 Å². The van der Waals surface area contributed by atoms with Crippen LogP contribution in [-0.4, -0.2) is 37.4 Å². The number of benzene rings is 1. The van der Waals surface area contributed by atoms with E-state index in [1.165, 1.54) is 0 Å². The predicted molar refractivity (Wildman–Crippen MR) is 87.3 cm³/mol. The molecule has 0 aliphatic heterocycles. The summed E-state index contributed by atoms with van der Waals surface area (Å²) in [5.41, 5.74) is 3.49. The highest BCUT2D eigenvalue weighted by Crippen LogP contribution is 2.12. The molecule has 0 saturated heterocycles. The molecule has 3 rings (SSSR count). The van der Waals surface area contributed by atoms with Gasteiger partial charge in [0.2, 0.25) is 0 Å². The van der Waals surface area contributed by atoms with Crippen molar-refractivity contribution in [2.75, 3.05) is 7.05 Å². The maximum Gasteiger partial charge on any atom is 0.274 e. The van der Waals surface area contributed by atoms with Gasteiger partial charge in [-0.2, -0.15) is 10.2 Å². The molecule has 0 unspecified atom stereocenters. The van der Waals surface area contributed by atoms with Crippen molar-refractivity contribution in [1.82, 2.24) is 24.5 Å². The Kier molecular flexibility index (Phi) is 3.97. The highest BCUT2D eigenvalue weighted by Gasteiger charge is 2.16. The summed E-state index contributed by atoms with van der Waals surface area (Å²) in [4.78, 5) is 14.1. The van der Waals surface area contributed by atoms with Gasteiger partial charge in [-0.15, -0.1) is 0 Å². The largest absolute Gasteiger partial charge is 0.336 e. The van der Waals surface area contributed by atoms with Gasteiger partial charge in [-0.3, -0.25) is 9.48 Å². The van der Waals surface area contributed by atoms with Gasteiger partial charge in [-0.1, -0.05) is 12.1 Å². The molecule has 0 fully saturated rings. The molecule has 2 heterocycles. The van der Waals surface area contributed by atoms with E-state index in [-0.39, 0.29) is 5.91 Å². The van der Waals surface area contributed by atoms with Crippen molar-refractivity contribution in [3.05, 3.63) is 65.7 Å². The van der Waals surface area contributed by atoms with Gasteiger partial charge in [0.15, 0.2) is 5.69 Å². The van der Waals surface area contributed by atoms with E-state index < -0.39 is 0 Å². The Morgan fingerprint density at radius 3 is 2.57 bits per heavy atom. The zero-order valence-corrected chi connectivity index (χ0v) is 13.5. The average molecular weight is 309 g/mol. The number of hydrogen-bond donors (Lipinski definition) is 0. The maximum atomic E-state index is 12.4. The summed E-state index contributed by atoms with van der Waals surface area (Å²) in [6.07, 6.45) is 3.64. The number of amides is 1. The summed E-state index contributed by atoms with van der Waals surface area (Å²) in [5, 5.41) is 8.43. The summed E-state index contributed by atoms with van der Waals surface area (Å²) in [5.74, 6) is -0.0788. The minimum atomic E-state index is -0.0788. The summed E-state index contributed by atoms with van der Waals surface area (Å²) >= 11 is 0. The molecule has 2 aromatic heterocycles. The van der Waals surface area contributed by atoms with E-state index in [9.17, 15) is 4.79 Å². The molecule has 0 N–H and O–H groups in total. The molecule has 118 valence electrons. The van der Waals surface area contributed by atoms with Crippen molar-refractivity contribution in [3.8, 4) is 5.69 Å². The molecule has 0 radical (unpaired) electrons. The van der Waals surface area contributed by atoms with Gasteiger partial charge < -0.3 is 4.90 Å². The minimum absolute atomic E-state index is 0.0788. The van der Waals surface area contributed by atoms with E-state index in [1.807, 2.05) is 50.5 Å². The van der Waals surface area contributed by atoms with Gasteiger partial charge >= 0.3 is 0 Å². The van der Waals surface area contributed by atoms with E-state index in [4.69, 9.17) is 0 Å². The van der Waals surface area contributed by atoms with E-state index in [0.717, 1.165) is 16.9 Å². The molecule has 0 spiro atoms. The topological polar surface area (TPSA) is 56.0 Å². The predicted octanol–water partition coefficient (Wildman–Crippen LogP) is 2.19. The molecule has 0 bridgehead atoms. The molecule has 0 atom stereocenters. The smallest absolute Gasteiger partial charge is 0.274 e. The van der Waals surface area contributed by atoms with Gasteiger partial charge in [0.25, 0.3) is 5.91 Å². The normalized spacial score (nSPS) is 10.7.